The van der Waals surface area contributed by atoms with E-state index in [1.165, 1.54) is 29.5 Å². The van der Waals surface area contributed by atoms with E-state index in [0.717, 1.165) is 36.1 Å². The third-order valence-corrected chi connectivity index (χ3v) is 6.36. The molecule has 0 spiro atoms. The highest BCUT2D eigenvalue weighted by Gasteiger charge is 2.23. The lowest BCUT2D eigenvalue weighted by molar-refractivity contribution is -0.384. The number of non-ortho nitro benzene ring substituents is 1. The van der Waals surface area contributed by atoms with Crippen LogP contribution in [-0.4, -0.2) is 10.8 Å². The Morgan fingerprint density at radius 1 is 1.16 bits per heavy atom. The first-order valence-corrected chi connectivity index (χ1v) is 10.6. The first-order chi connectivity index (χ1) is 15.5. The van der Waals surface area contributed by atoms with Crippen molar-refractivity contribution in [3.05, 3.63) is 73.8 Å². The summed E-state index contributed by atoms with van der Waals surface area (Å²) in [5, 5.41) is 33.0. The molecule has 4 rings (SSSR count). The SMILES string of the molecule is N#C/C(=C/c1ccc(-c2ccc([N+](=O)[O-])cc2)o1)C(=O)Nc1sc2c(c1C#N)CCCC2. The Hall–Kier alpha value is -4.21. The van der Waals surface area contributed by atoms with Gasteiger partial charge in [0.05, 0.1) is 10.5 Å². The van der Waals surface area contributed by atoms with Gasteiger partial charge in [-0.15, -0.1) is 11.3 Å². The Balaban J connectivity index is 1.54. The topological polar surface area (TPSA) is 133 Å². The number of aryl methyl sites for hydroxylation is 1. The predicted octanol–water partition coefficient (Wildman–Crippen LogP) is 5.21. The number of anilines is 1. The van der Waals surface area contributed by atoms with E-state index in [4.69, 9.17) is 4.42 Å². The number of nitro groups is 1. The molecule has 0 saturated heterocycles. The van der Waals surface area contributed by atoms with Crippen molar-refractivity contribution in [3.63, 3.8) is 0 Å². The number of hydrogen-bond acceptors (Lipinski definition) is 7. The summed E-state index contributed by atoms with van der Waals surface area (Å²) in [5.41, 5.74) is 1.91. The van der Waals surface area contributed by atoms with Crippen molar-refractivity contribution in [2.45, 2.75) is 25.7 Å². The maximum atomic E-state index is 12.7. The summed E-state index contributed by atoms with van der Waals surface area (Å²) in [6, 6.07) is 13.2. The highest BCUT2D eigenvalue weighted by molar-refractivity contribution is 7.16. The van der Waals surface area contributed by atoms with Crippen LogP contribution < -0.4 is 5.32 Å². The molecule has 9 heteroatoms. The number of nitro benzene ring substituents is 1. The van der Waals surface area contributed by atoms with Crippen LogP contribution in [0.2, 0.25) is 0 Å². The van der Waals surface area contributed by atoms with Crippen LogP contribution >= 0.6 is 11.3 Å². The monoisotopic (exact) mass is 444 g/mol. The number of fused-ring (bicyclic) bond motifs is 1. The molecule has 32 heavy (non-hydrogen) atoms. The summed E-state index contributed by atoms with van der Waals surface area (Å²) in [6.45, 7) is 0. The van der Waals surface area contributed by atoms with Crippen LogP contribution in [0, 0.1) is 32.8 Å². The van der Waals surface area contributed by atoms with Crippen molar-refractivity contribution in [3.8, 4) is 23.5 Å². The lowest BCUT2D eigenvalue weighted by Gasteiger charge is -2.09. The molecule has 2 aromatic heterocycles. The Morgan fingerprint density at radius 3 is 2.59 bits per heavy atom. The fourth-order valence-electron chi connectivity index (χ4n) is 3.57. The third-order valence-electron chi connectivity index (χ3n) is 5.15. The molecular formula is C23H16N4O4S. The molecular weight excluding hydrogens is 428 g/mol. The van der Waals surface area contributed by atoms with Gasteiger partial charge in [0.15, 0.2) is 0 Å². The number of rotatable bonds is 5. The summed E-state index contributed by atoms with van der Waals surface area (Å²) < 4.78 is 5.69. The second-order valence-corrected chi connectivity index (χ2v) is 8.26. The van der Waals surface area contributed by atoms with Gasteiger partial charge in [0.25, 0.3) is 11.6 Å². The third kappa shape index (κ3) is 4.15. The Labute approximate surface area is 187 Å². The van der Waals surface area contributed by atoms with Crippen molar-refractivity contribution in [1.82, 2.24) is 0 Å². The maximum absolute atomic E-state index is 12.7. The van der Waals surface area contributed by atoms with Gasteiger partial charge in [-0.25, -0.2) is 0 Å². The van der Waals surface area contributed by atoms with Gasteiger partial charge in [0.2, 0.25) is 0 Å². The van der Waals surface area contributed by atoms with Gasteiger partial charge in [0, 0.05) is 28.6 Å². The fraction of sp³-hybridized carbons (Fsp3) is 0.174. The van der Waals surface area contributed by atoms with Crippen LogP contribution in [-0.2, 0) is 17.6 Å². The molecule has 1 amide bonds. The lowest BCUT2D eigenvalue weighted by Crippen LogP contribution is -2.13. The molecule has 158 valence electrons. The molecule has 1 aliphatic carbocycles. The number of carbonyl (C=O) groups excluding carboxylic acids is 1. The molecule has 0 unspecified atom stereocenters. The molecule has 0 saturated carbocycles. The van der Waals surface area contributed by atoms with Crippen LogP contribution in [0.5, 0.6) is 0 Å². The normalized spacial score (nSPS) is 13.0. The Morgan fingerprint density at radius 2 is 1.91 bits per heavy atom. The number of thiophene rings is 1. The highest BCUT2D eigenvalue weighted by Crippen LogP contribution is 2.37. The average Bonchev–Trinajstić information content (AvgIpc) is 3.41. The number of amides is 1. The second-order valence-electron chi connectivity index (χ2n) is 7.16. The van der Waals surface area contributed by atoms with Crippen molar-refractivity contribution in [2.24, 2.45) is 0 Å². The fourth-order valence-corrected chi connectivity index (χ4v) is 4.80. The van der Waals surface area contributed by atoms with Gasteiger partial charge in [-0.1, -0.05) is 0 Å². The van der Waals surface area contributed by atoms with E-state index in [9.17, 15) is 25.4 Å². The standard InChI is InChI=1S/C23H16N4O4S/c24-12-15(22(28)26-23-19(13-25)18-3-1-2-4-21(18)32-23)11-17-9-10-20(31-17)14-5-7-16(8-6-14)27(29)30/h5-11H,1-4H2,(H,26,28)/b15-11-. The number of benzene rings is 1. The number of carbonyl (C=O) groups is 1. The van der Waals surface area contributed by atoms with E-state index in [-0.39, 0.29) is 17.0 Å². The molecule has 0 aliphatic heterocycles. The number of hydrogen-bond donors (Lipinski definition) is 1. The number of nitriles is 2. The number of nitrogens with zero attached hydrogens (tertiary/aromatic N) is 3. The second kappa shape index (κ2) is 8.88. The average molecular weight is 444 g/mol. The zero-order chi connectivity index (χ0) is 22.7. The highest BCUT2D eigenvalue weighted by atomic mass is 32.1. The van der Waals surface area contributed by atoms with Crippen molar-refractivity contribution in [2.75, 3.05) is 5.32 Å². The van der Waals surface area contributed by atoms with Crippen LogP contribution in [0.15, 0.2) is 46.4 Å². The van der Waals surface area contributed by atoms with Crippen molar-refractivity contribution in [1.29, 1.82) is 10.5 Å². The Bertz CT molecular complexity index is 1320. The van der Waals surface area contributed by atoms with Gasteiger partial charge in [-0.05, 0) is 55.5 Å². The summed E-state index contributed by atoms with van der Waals surface area (Å²) >= 11 is 1.39. The minimum Gasteiger partial charge on any atom is -0.457 e. The number of nitrogens with one attached hydrogen (secondary N) is 1. The predicted molar refractivity (Wildman–Crippen MR) is 119 cm³/mol. The molecule has 0 atom stereocenters. The smallest absolute Gasteiger partial charge is 0.269 e. The quantitative estimate of drug-likeness (QED) is 0.248. The van der Waals surface area contributed by atoms with Gasteiger partial charge in [0.1, 0.15) is 34.2 Å². The minimum absolute atomic E-state index is 0.0316. The zero-order valence-electron chi connectivity index (χ0n) is 16.8. The molecule has 3 aromatic rings. The van der Waals surface area contributed by atoms with E-state index in [1.54, 1.807) is 24.3 Å². The molecule has 1 aromatic carbocycles. The van der Waals surface area contributed by atoms with Gasteiger partial charge < -0.3 is 9.73 Å². The van der Waals surface area contributed by atoms with Crippen LogP contribution in [0.4, 0.5) is 10.7 Å². The van der Waals surface area contributed by atoms with E-state index in [1.807, 2.05) is 6.07 Å². The summed E-state index contributed by atoms with van der Waals surface area (Å²) in [7, 11) is 0. The van der Waals surface area contributed by atoms with E-state index < -0.39 is 10.8 Å². The molecule has 2 heterocycles. The van der Waals surface area contributed by atoms with Gasteiger partial charge in [-0.3, -0.25) is 14.9 Å². The van der Waals surface area contributed by atoms with E-state index in [0.29, 0.717) is 21.9 Å². The van der Waals surface area contributed by atoms with Crippen LogP contribution in [0.25, 0.3) is 17.4 Å². The minimum atomic E-state index is -0.615. The molecule has 1 aliphatic rings. The molecule has 0 bridgehead atoms. The van der Waals surface area contributed by atoms with Crippen LogP contribution in [0.3, 0.4) is 0 Å². The van der Waals surface area contributed by atoms with Gasteiger partial charge in [-0.2, -0.15) is 10.5 Å². The van der Waals surface area contributed by atoms with E-state index in [2.05, 4.69) is 11.4 Å². The molecule has 0 fully saturated rings. The lowest BCUT2D eigenvalue weighted by atomic mass is 9.96. The van der Waals surface area contributed by atoms with E-state index >= 15 is 0 Å². The first-order valence-electron chi connectivity index (χ1n) is 9.82. The summed E-state index contributed by atoms with van der Waals surface area (Å²) in [6.07, 6.45) is 5.12. The zero-order valence-corrected chi connectivity index (χ0v) is 17.6. The Kier molecular flexibility index (Phi) is 5.84. The van der Waals surface area contributed by atoms with Crippen molar-refractivity contribution >= 4 is 34.0 Å². The largest absolute Gasteiger partial charge is 0.457 e. The van der Waals surface area contributed by atoms with Crippen molar-refractivity contribution < 1.29 is 14.1 Å². The molecule has 0 radical (unpaired) electrons. The first kappa shape index (κ1) is 21.0. The maximum Gasteiger partial charge on any atom is 0.269 e. The number of furan rings is 1. The van der Waals surface area contributed by atoms with Crippen LogP contribution in [0.1, 0.15) is 34.6 Å². The molecule has 8 nitrogen and oxygen atoms in total. The summed E-state index contributed by atoms with van der Waals surface area (Å²) in [5.74, 6) is 0.119. The molecule has 1 N–H and O–H groups in total. The van der Waals surface area contributed by atoms with Gasteiger partial charge >= 0.3 is 0 Å². The summed E-state index contributed by atoms with van der Waals surface area (Å²) in [4.78, 5) is 24.1.